The molecule has 166 valence electrons. The Morgan fingerprint density at radius 1 is 1.23 bits per heavy atom. The molecule has 1 unspecified atom stereocenters. The third-order valence-corrected chi connectivity index (χ3v) is 6.23. The van der Waals surface area contributed by atoms with Crippen molar-refractivity contribution in [3.8, 4) is 5.75 Å². The number of carbonyl (C=O) groups excluding carboxylic acids is 1. The predicted octanol–water partition coefficient (Wildman–Crippen LogP) is 2.67. The highest BCUT2D eigenvalue weighted by molar-refractivity contribution is 7.89. The lowest BCUT2D eigenvalue weighted by molar-refractivity contribution is 0.0977. The van der Waals surface area contributed by atoms with Gasteiger partial charge in [-0.25, -0.2) is 13.1 Å². The second kappa shape index (κ2) is 10.7. The Kier molecular flexibility index (Phi) is 7.97. The van der Waals surface area contributed by atoms with E-state index in [0.29, 0.717) is 30.2 Å². The van der Waals surface area contributed by atoms with Crippen LogP contribution in [0.15, 0.2) is 53.4 Å². The number of ether oxygens (including phenoxy) is 2. The molecule has 0 radical (unpaired) electrons. The van der Waals surface area contributed by atoms with Crippen molar-refractivity contribution in [1.82, 2.24) is 10.0 Å². The van der Waals surface area contributed by atoms with Crippen LogP contribution in [0.25, 0.3) is 0 Å². The summed E-state index contributed by atoms with van der Waals surface area (Å²) in [6.45, 7) is 3.28. The molecule has 0 saturated carbocycles. The van der Waals surface area contributed by atoms with Crippen LogP contribution in [0.1, 0.15) is 30.1 Å². The summed E-state index contributed by atoms with van der Waals surface area (Å²) in [5.74, 6) is 0.218. The van der Waals surface area contributed by atoms with Gasteiger partial charge in [0.1, 0.15) is 5.75 Å². The number of benzene rings is 2. The number of carbonyl (C=O) groups is 1. The summed E-state index contributed by atoms with van der Waals surface area (Å²) < 4.78 is 38.2. The van der Waals surface area contributed by atoms with Gasteiger partial charge in [0.15, 0.2) is 5.11 Å². The molecule has 10 heteroatoms. The van der Waals surface area contributed by atoms with E-state index in [9.17, 15) is 13.2 Å². The van der Waals surface area contributed by atoms with Crippen molar-refractivity contribution < 1.29 is 22.7 Å². The number of amides is 1. The Labute approximate surface area is 187 Å². The Bertz CT molecular complexity index is 1020. The molecule has 31 heavy (non-hydrogen) atoms. The molecule has 0 aromatic heterocycles. The molecule has 3 rings (SSSR count). The molecule has 1 saturated heterocycles. The summed E-state index contributed by atoms with van der Waals surface area (Å²) in [5, 5.41) is 5.56. The van der Waals surface area contributed by atoms with E-state index in [2.05, 4.69) is 15.4 Å². The maximum absolute atomic E-state index is 12.4. The van der Waals surface area contributed by atoms with Crippen LogP contribution in [-0.2, 0) is 14.8 Å². The van der Waals surface area contributed by atoms with E-state index in [-0.39, 0.29) is 28.6 Å². The fourth-order valence-corrected chi connectivity index (χ4v) is 4.32. The molecular weight excluding hydrogens is 438 g/mol. The monoisotopic (exact) mass is 463 g/mol. The van der Waals surface area contributed by atoms with E-state index in [1.807, 2.05) is 6.92 Å². The molecule has 2 aromatic carbocycles. The number of sulfonamides is 1. The predicted molar refractivity (Wildman–Crippen MR) is 122 cm³/mol. The number of anilines is 1. The minimum Gasteiger partial charge on any atom is -0.494 e. The molecule has 1 fully saturated rings. The first kappa shape index (κ1) is 23.1. The van der Waals surface area contributed by atoms with E-state index < -0.39 is 10.0 Å². The SMILES string of the molecule is CCOc1cccc(C(=O)NC(=S)Nc2ccc(S(=O)(=O)NCC3CCCO3)cc2)c1. The lowest BCUT2D eigenvalue weighted by atomic mass is 10.2. The highest BCUT2D eigenvalue weighted by Crippen LogP contribution is 2.16. The Balaban J connectivity index is 1.54. The first-order chi connectivity index (χ1) is 14.9. The van der Waals surface area contributed by atoms with Gasteiger partial charge in [0, 0.05) is 24.4 Å². The zero-order valence-electron chi connectivity index (χ0n) is 17.1. The molecule has 1 aliphatic rings. The molecular formula is C21H25N3O5S2. The maximum Gasteiger partial charge on any atom is 0.257 e. The highest BCUT2D eigenvalue weighted by Gasteiger charge is 2.20. The van der Waals surface area contributed by atoms with Gasteiger partial charge in [0.05, 0.1) is 17.6 Å². The van der Waals surface area contributed by atoms with E-state index in [1.165, 1.54) is 12.1 Å². The Hall–Kier alpha value is -2.53. The lowest BCUT2D eigenvalue weighted by Crippen LogP contribution is -2.34. The van der Waals surface area contributed by atoms with Gasteiger partial charge in [-0.3, -0.25) is 10.1 Å². The first-order valence-electron chi connectivity index (χ1n) is 9.94. The van der Waals surface area contributed by atoms with Crippen LogP contribution in [-0.4, -0.2) is 45.3 Å². The number of hydrogen-bond donors (Lipinski definition) is 3. The van der Waals surface area contributed by atoms with E-state index in [1.54, 1.807) is 36.4 Å². The van der Waals surface area contributed by atoms with Gasteiger partial charge in [0.25, 0.3) is 5.91 Å². The normalized spacial score (nSPS) is 16.0. The first-order valence-corrected chi connectivity index (χ1v) is 11.8. The van der Waals surface area contributed by atoms with Gasteiger partial charge in [-0.15, -0.1) is 0 Å². The standard InChI is InChI=1S/C21H25N3O5S2/c1-2-28-17-6-3-5-15(13-17)20(25)24-21(30)23-16-8-10-19(11-9-16)31(26,27)22-14-18-7-4-12-29-18/h3,5-6,8-11,13,18,22H,2,4,7,12,14H2,1H3,(H2,23,24,25,30). The second-order valence-electron chi connectivity index (χ2n) is 6.88. The van der Waals surface area contributed by atoms with Crippen molar-refractivity contribution in [1.29, 1.82) is 0 Å². The number of thiocarbonyl (C=S) groups is 1. The van der Waals surface area contributed by atoms with Crippen molar-refractivity contribution >= 4 is 38.9 Å². The quantitative estimate of drug-likeness (QED) is 0.517. The molecule has 3 N–H and O–H groups in total. The van der Waals surface area contributed by atoms with Crippen molar-refractivity contribution in [2.75, 3.05) is 25.1 Å². The van der Waals surface area contributed by atoms with Crippen molar-refractivity contribution in [2.45, 2.75) is 30.8 Å². The van der Waals surface area contributed by atoms with Crippen molar-refractivity contribution in [3.63, 3.8) is 0 Å². The summed E-state index contributed by atoms with van der Waals surface area (Å²) in [5.41, 5.74) is 0.959. The van der Waals surface area contributed by atoms with Crippen LogP contribution in [0.2, 0.25) is 0 Å². The molecule has 1 aliphatic heterocycles. The van der Waals surface area contributed by atoms with Gasteiger partial charge in [0.2, 0.25) is 10.0 Å². The zero-order valence-corrected chi connectivity index (χ0v) is 18.7. The van der Waals surface area contributed by atoms with Crippen LogP contribution in [0, 0.1) is 0 Å². The molecule has 0 bridgehead atoms. The van der Waals surface area contributed by atoms with Gasteiger partial charge in [-0.1, -0.05) is 6.07 Å². The van der Waals surface area contributed by atoms with Crippen LogP contribution < -0.4 is 20.1 Å². The van der Waals surface area contributed by atoms with Crippen LogP contribution in [0.4, 0.5) is 5.69 Å². The number of hydrogen-bond acceptors (Lipinski definition) is 6. The van der Waals surface area contributed by atoms with E-state index >= 15 is 0 Å². The topological polar surface area (TPSA) is 106 Å². The summed E-state index contributed by atoms with van der Waals surface area (Å²) in [6.07, 6.45) is 1.72. The summed E-state index contributed by atoms with van der Waals surface area (Å²) in [6, 6.07) is 12.9. The smallest absolute Gasteiger partial charge is 0.257 e. The molecule has 8 nitrogen and oxygen atoms in total. The third-order valence-electron chi connectivity index (χ3n) is 4.58. The largest absolute Gasteiger partial charge is 0.494 e. The fraction of sp³-hybridized carbons (Fsp3) is 0.333. The minimum absolute atomic E-state index is 0.0778. The lowest BCUT2D eigenvalue weighted by Gasteiger charge is -2.13. The van der Waals surface area contributed by atoms with E-state index in [4.69, 9.17) is 21.7 Å². The maximum atomic E-state index is 12.4. The van der Waals surface area contributed by atoms with Crippen molar-refractivity contribution in [2.24, 2.45) is 0 Å². The summed E-state index contributed by atoms with van der Waals surface area (Å²) in [7, 11) is -3.63. The average molecular weight is 464 g/mol. The van der Waals surface area contributed by atoms with Crippen LogP contribution in [0.3, 0.4) is 0 Å². The van der Waals surface area contributed by atoms with Gasteiger partial charge >= 0.3 is 0 Å². The second-order valence-corrected chi connectivity index (χ2v) is 9.06. The molecule has 2 aromatic rings. The van der Waals surface area contributed by atoms with E-state index in [0.717, 1.165) is 12.8 Å². The zero-order chi connectivity index (χ0) is 22.3. The third kappa shape index (κ3) is 6.73. The van der Waals surface area contributed by atoms with Gasteiger partial charge in [-0.2, -0.15) is 0 Å². The molecule has 1 heterocycles. The van der Waals surface area contributed by atoms with Crippen LogP contribution >= 0.6 is 12.2 Å². The number of nitrogens with one attached hydrogen (secondary N) is 3. The van der Waals surface area contributed by atoms with Crippen molar-refractivity contribution in [3.05, 3.63) is 54.1 Å². The Morgan fingerprint density at radius 2 is 2.00 bits per heavy atom. The van der Waals surface area contributed by atoms with Crippen LogP contribution in [0.5, 0.6) is 5.75 Å². The summed E-state index contributed by atoms with van der Waals surface area (Å²) in [4.78, 5) is 12.5. The molecule has 0 spiro atoms. The average Bonchev–Trinajstić information content (AvgIpc) is 3.27. The fourth-order valence-electron chi connectivity index (χ4n) is 3.04. The highest BCUT2D eigenvalue weighted by atomic mass is 32.2. The molecule has 0 aliphatic carbocycles. The minimum atomic E-state index is -3.63. The van der Waals surface area contributed by atoms with Gasteiger partial charge in [-0.05, 0) is 74.4 Å². The Morgan fingerprint density at radius 3 is 2.68 bits per heavy atom. The number of rotatable bonds is 8. The summed E-state index contributed by atoms with van der Waals surface area (Å²) >= 11 is 5.19. The molecule has 1 amide bonds. The molecule has 1 atom stereocenters. The van der Waals surface area contributed by atoms with Gasteiger partial charge < -0.3 is 14.8 Å².